The average molecular weight is 432 g/mol. The van der Waals surface area contributed by atoms with E-state index in [-0.39, 0.29) is 5.91 Å². The molecule has 0 atom stereocenters. The van der Waals surface area contributed by atoms with E-state index in [2.05, 4.69) is 30.6 Å². The van der Waals surface area contributed by atoms with Gasteiger partial charge in [-0.1, -0.05) is 30.3 Å². The molecule has 0 bridgehead atoms. The Bertz CT molecular complexity index is 1400. The predicted molar refractivity (Wildman–Crippen MR) is 129 cm³/mol. The second-order valence-corrected chi connectivity index (χ2v) is 7.40. The molecule has 1 amide bonds. The van der Waals surface area contributed by atoms with Gasteiger partial charge >= 0.3 is 0 Å². The molecule has 5 rings (SSSR count). The first kappa shape index (κ1) is 20.3. The Kier molecular flexibility index (Phi) is 5.67. The van der Waals surface area contributed by atoms with Gasteiger partial charge in [-0.2, -0.15) is 0 Å². The zero-order valence-electron chi connectivity index (χ0n) is 17.6. The van der Waals surface area contributed by atoms with E-state index >= 15 is 0 Å². The monoisotopic (exact) mass is 432 g/mol. The van der Waals surface area contributed by atoms with Crippen molar-refractivity contribution >= 4 is 28.3 Å². The summed E-state index contributed by atoms with van der Waals surface area (Å²) in [7, 11) is 0. The summed E-state index contributed by atoms with van der Waals surface area (Å²) >= 11 is 0. The lowest BCUT2D eigenvalue weighted by Gasteiger charge is -2.09. The Labute approximate surface area is 190 Å². The molecule has 0 aliphatic rings. The number of hydrogen-bond acceptors (Lipinski definition) is 6. The molecule has 7 heteroatoms. The van der Waals surface area contributed by atoms with E-state index in [9.17, 15) is 4.79 Å². The van der Waals surface area contributed by atoms with Gasteiger partial charge in [0.05, 0.1) is 16.8 Å². The number of nitrogens with one attached hydrogen (secondary N) is 2. The number of fused-ring (bicyclic) bond motifs is 1. The van der Waals surface area contributed by atoms with E-state index in [4.69, 9.17) is 0 Å². The minimum Gasteiger partial charge on any atom is -0.381 e. The minimum atomic E-state index is -0.242. The number of nitrogens with zero attached hydrogens (tertiary/aromatic N) is 4. The van der Waals surface area contributed by atoms with Crippen LogP contribution in [0, 0.1) is 0 Å². The molecule has 3 heterocycles. The van der Waals surface area contributed by atoms with Crippen molar-refractivity contribution in [2.45, 2.75) is 6.54 Å². The van der Waals surface area contributed by atoms with E-state index < -0.39 is 0 Å². The highest BCUT2D eigenvalue weighted by atomic mass is 16.1. The van der Waals surface area contributed by atoms with Crippen molar-refractivity contribution in [1.82, 2.24) is 19.9 Å². The normalized spacial score (nSPS) is 10.7. The van der Waals surface area contributed by atoms with Gasteiger partial charge in [0, 0.05) is 47.8 Å². The van der Waals surface area contributed by atoms with Gasteiger partial charge in [0.15, 0.2) is 0 Å². The van der Waals surface area contributed by atoms with Crippen LogP contribution in [0.5, 0.6) is 0 Å². The second-order valence-electron chi connectivity index (χ2n) is 7.40. The molecule has 160 valence electrons. The van der Waals surface area contributed by atoms with Gasteiger partial charge in [0.2, 0.25) is 0 Å². The van der Waals surface area contributed by atoms with Crippen molar-refractivity contribution in [3.8, 4) is 11.3 Å². The molecule has 33 heavy (non-hydrogen) atoms. The number of benzene rings is 2. The summed E-state index contributed by atoms with van der Waals surface area (Å²) in [5.74, 6) is 0.194. The molecular weight excluding hydrogens is 412 g/mol. The first-order valence-electron chi connectivity index (χ1n) is 10.5. The van der Waals surface area contributed by atoms with Crippen LogP contribution >= 0.6 is 0 Å². The molecule has 2 N–H and O–H groups in total. The summed E-state index contributed by atoms with van der Waals surface area (Å²) < 4.78 is 0. The average Bonchev–Trinajstić information content (AvgIpc) is 2.88. The van der Waals surface area contributed by atoms with Crippen LogP contribution < -0.4 is 10.6 Å². The Balaban J connectivity index is 1.30. The summed E-state index contributed by atoms with van der Waals surface area (Å²) in [4.78, 5) is 29.8. The molecule has 2 aromatic carbocycles. The highest BCUT2D eigenvalue weighted by molar-refractivity contribution is 6.12. The van der Waals surface area contributed by atoms with E-state index in [1.165, 1.54) is 6.33 Å². The Morgan fingerprint density at radius 2 is 1.64 bits per heavy atom. The molecule has 0 saturated heterocycles. The largest absolute Gasteiger partial charge is 0.381 e. The summed E-state index contributed by atoms with van der Waals surface area (Å²) in [6.07, 6.45) is 6.64. The molecule has 5 aromatic rings. The number of rotatable bonds is 6. The fourth-order valence-electron chi connectivity index (χ4n) is 3.52. The number of aromatic nitrogens is 4. The van der Waals surface area contributed by atoms with Gasteiger partial charge in [-0.3, -0.25) is 14.8 Å². The highest BCUT2D eigenvalue weighted by Gasteiger charge is 2.12. The van der Waals surface area contributed by atoms with E-state index in [0.29, 0.717) is 11.4 Å². The molecule has 0 unspecified atom stereocenters. The van der Waals surface area contributed by atoms with Crippen LogP contribution in [0.4, 0.5) is 11.5 Å². The van der Waals surface area contributed by atoms with Crippen LogP contribution in [-0.2, 0) is 6.54 Å². The van der Waals surface area contributed by atoms with Crippen LogP contribution in [0.25, 0.3) is 22.2 Å². The third kappa shape index (κ3) is 4.67. The zero-order valence-corrected chi connectivity index (χ0v) is 17.6. The minimum absolute atomic E-state index is 0.242. The van der Waals surface area contributed by atoms with E-state index in [1.807, 2.05) is 60.7 Å². The van der Waals surface area contributed by atoms with Gasteiger partial charge < -0.3 is 10.6 Å². The summed E-state index contributed by atoms with van der Waals surface area (Å²) in [6.45, 7) is 0.718. The predicted octanol–water partition coefficient (Wildman–Crippen LogP) is 4.95. The first-order valence-corrected chi connectivity index (χ1v) is 10.5. The van der Waals surface area contributed by atoms with Crippen molar-refractivity contribution < 1.29 is 4.79 Å². The number of amides is 1. The Morgan fingerprint density at radius 1 is 0.818 bits per heavy atom. The number of carbonyl (C=O) groups excluding carboxylic acids is 1. The SMILES string of the molecule is O=C(Nc1cc(-c2ccc(NCc3ccncc3)cc2)ncn1)c1ccnc2ccccc12. The third-order valence-corrected chi connectivity index (χ3v) is 5.23. The van der Waals surface area contributed by atoms with E-state index in [1.54, 1.807) is 30.7 Å². The van der Waals surface area contributed by atoms with Crippen molar-refractivity contribution in [3.63, 3.8) is 0 Å². The lowest BCUT2D eigenvalue weighted by Crippen LogP contribution is -2.13. The quantitative estimate of drug-likeness (QED) is 0.394. The van der Waals surface area contributed by atoms with Gasteiger partial charge in [-0.25, -0.2) is 9.97 Å². The summed E-state index contributed by atoms with van der Waals surface area (Å²) in [5, 5.41) is 7.06. The van der Waals surface area contributed by atoms with Gasteiger partial charge in [0.1, 0.15) is 12.1 Å². The summed E-state index contributed by atoms with van der Waals surface area (Å²) in [6, 6.07) is 22.9. The lowest BCUT2D eigenvalue weighted by atomic mass is 10.1. The van der Waals surface area contributed by atoms with Crippen LogP contribution in [0.2, 0.25) is 0 Å². The lowest BCUT2D eigenvalue weighted by molar-refractivity contribution is 0.102. The van der Waals surface area contributed by atoms with Crippen LogP contribution in [0.1, 0.15) is 15.9 Å². The molecule has 0 saturated carbocycles. The number of para-hydroxylation sites is 1. The van der Waals surface area contributed by atoms with Crippen LogP contribution in [0.15, 0.2) is 97.7 Å². The number of carbonyl (C=O) groups is 1. The van der Waals surface area contributed by atoms with Crippen molar-refractivity contribution in [2.24, 2.45) is 0 Å². The molecule has 3 aromatic heterocycles. The molecule has 0 spiro atoms. The second kappa shape index (κ2) is 9.23. The number of anilines is 2. The maximum Gasteiger partial charge on any atom is 0.257 e. The van der Waals surface area contributed by atoms with Crippen molar-refractivity contribution in [2.75, 3.05) is 10.6 Å². The van der Waals surface area contributed by atoms with Crippen molar-refractivity contribution in [3.05, 3.63) is 109 Å². The Hall–Kier alpha value is -4.65. The third-order valence-electron chi connectivity index (χ3n) is 5.23. The maximum atomic E-state index is 12.9. The Morgan fingerprint density at radius 3 is 2.48 bits per heavy atom. The highest BCUT2D eigenvalue weighted by Crippen LogP contribution is 2.22. The van der Waals surface area contributed by atoms with Gasteiger partial charge in [-0.15, -0.1) is 0 Å². The molecule has 0 fully saturated rings. The summed E-state index contributed by atoms with van der Waals surface area (Å²) in [5.41, 5.74) is 5.13. The fraction of sp³-hybridized carbons (Fsp3) is 0.0385. The van der Waals surface area contributed by atoms with E-state index in [0.717, 1.165) is 40.0 Å². The zero-order chi connectivity index (χ0) is 22.5. The van der Waals surface area contributed by atoms with Crippen LogP contribution in [-0.4, -0.2) is 25.8 Å². The standard InChI is InChI=1S/C26H20N6O/c33-26(22-11-14-28-23-4-2-1-3-21(22)23)32-25-15-24(30-17-31-25)19-5-7-20(8-6-19)29-16-18-9-12-27-13-10-18/h1-15,17,29H,16H2,(H,30,31,32,33). The van der Waals surface area contributed by atoms with Gasteiger partial charge in [-0.05, 0) is 42.0 Å². The molecule has 7 nitrogen and oxygen atoms in total. The molecule has 0 radical (unpaired) electrons. The number of hydrogen-bond donors (Lipinski definition) is 2. The molecular formula is C26H20N6O. The number of pyridine rings is 2. The molecule has 0 aliphatic heterocycles. The van der Waals surface area contributed by atoms with Crippen LogP contribution in [0.3, 0.4) is 0 Å². The van der Waals surface area contributed by atoms with Gasteiger partial charge in [0.25, 0.3) is 5.91 Å². The smallest absolute Gasteiger partial charge is 0.257 e. The maximum absolute atomic E-state index is 12.9. The first-order chi connectivity index (χ1) is 16.3. The topological polar surface area (TPSA) is 92.7 Å². The fourth-order valence-corrected chi connectivity index (χ4v) is 3.52. The molecule has 0 aliphatic carbocycles. The van der Waals surface area contributed by atoms with Crippen molar-refractivity contribution in [1.29, 1.82) is 0 Å².